The molecule has 2 aromatic rings. The van der Waals surface area contributed by atoms with Gasteiger partial charge in [-0.15, -0.1) is 0 Å². The second kappa shape index (κ2) is 22.8. The lowest BCUT2D eigenvalue weighted by Crippen LogP contribution is -2.65. The average molecular weight is 862 g/mol. The third kappa shape index (κ3) is 16.9. The zero-order chi connectivity index (χ0) is 45.5. The van der Waals surface area contributed by atoms with Crippen molar-refractivity contribution in [2.45, 2.75) is 142 Å². The highest BCUT2D eigenvalue weighted by molar-refractivity contribution is 5.95. The number of amides is 6. The van der Waals surface area contributed by atoms with Crippen LogP contribution >= 0.6 is 0 Å². The number of rotatable bonds is 19. The summed E-state index contributed by atoms with van der Waals surface area (Å²) in [7, 11) is 0. The van der Waals surface area contributed by atoms with Crippen LogP contribution in [0.3, 0.4) is 0 Å². The fourth-order valence-electron chi connectivity index (χ4n) is 7.74. The number of carbonyl (C=O) groups excluding carboxylic acids is 6. The molecule has 0 aromatic heterocycles. The summed E-state index contributed by atoms with van der Waals surface area (Å²) in [4.78, 5) is 83.8. The minimum absolute atomic E-state index is 0.0234. The molecule has 2 aliphatic heterocycles. The summed E-state index contributed by atoms with van der Waals surface area (Å²) in [5.74, 6) is -1.90. The molecule has 2 saturated heterocycles. The standard InChI is InChI=1S/C47H71N7O8/c1-32(2)27-36(39(55)50-35(21-15-16-24-49-43(59)61-45(3,4)5)42(58)54-30-47(31-54)22-25-48-26-23-47)51-40(56)37(28-33-17-11-9-12-18-33)52-41(57)38(29-34-19-13-10-14-20-34)53-44(60)62-46(6,7)8/h9-14,17-20,32,35-38,48H,15-16,21-31H2,1-8H3,(H,49,59)(H,50,55)(H,51,56)(H,52,57)(H,53,60)/t35-,36-,37-,38-/m1/s1. The molecule has 2 fully saturated rings. The number of ether oxygens (including phenoxy) is 2. The van der Waals surface area contributed by atoms with E-state index in [2.05, 4.69) is 31.9 Å². The third-order valence-corrected chi connectivity index (χ3v) is 10.8. The molecule has 2 aromatic carbocycles. The van der Waals surface area contributed by atoms with Crippen molar-refractivity contribution in [1.29, 1.82) is 0 Å². The van der Waals surface area contributed by atoms with Crippen LogP contribution in [-0.4, -0.2) is 109 Å². The topological polar surface area (TPSA) is 196 Å². The number of hydrogen-bond donors (Lipinski definition) is 6. The molecular weight excluding hydrogens is 791 g/mol. The fourth-order valence-corrected chi connectivity index (χ4v) is 7.74. The van der Waals surface area contributed by atoms with Crippen molar-refractivity contribution in [3.8, 4) is 0 Å². The Hall–Kier alpha value is -5.18. The van der Waals surface area contributed by atoms with E-state index in [9.17, 15) is 28.8 Å². The number of piperidine rings is 1. The Kier molecular flexibility index (Phi) is 18.2. The van der Waals surface area contributed by atoms with Gasteiger partial charge in [0.25, 0.3) is 0 Å². The summed E-state index contributed by atoms with van der Waals surface area (Å²) in [6.45, 7) is 17.8. The number of unbranched alkanes of at least 4 members (excludes halogenated alkanes) is 1. The van der Waals surface area contributed by atoms with Gasteiger partial charge >= 0.3 is 12.2 Å². The minimum Gasteiger partial charge on any atom is -0.444 e. The molecule has 6 amide bonds. The lowest BCUT2D eigenvalue weighted by molar-refractivity contribution is -0.149. The van der Waals surface area contributed by atoms with Crippen molar-refractivity contribution >= 4 is 35.8 Å². The molecule has 342 valence electrons. The van der Waals surface area contributed by atoms with E-state index < -0.39 is 65.3 Å². The predicted octanol–water partition coefficient (Wildman–Crippen LogP) is 4.77. The maximum atomic E-state index is 14.4. The number of nitrogens with one attached hydrogen (secondary N) is 6. The van der Waals surface area contributed by atoms with Gasteiger partial charge < -0.3 is 46.3 Å². The van der Waals surface area contributed by atoms with E-state index in [4.69, 9.17) is 9.47 Å². The van der Waals surface area contributed by atoms with Gasteiger partial charge in [0.2, 0.25) is 23.6 Å². The molecule has 2 aliphatic rings. The molecule has 4 rings (SSSR count). The maximum Gasteiger partial charge on any atom is 0.408 e. The van der Waals surface area contributed by atoms with E-state index in [1.807, 2.05) is 79.4 Å². The van der Waals surface area contributed by atoms with E-state index in [1.54, 1.807) is 41.5 Å². The molecule has 4 atom stereocenters. The van der Waals surface area contributed by atoms with Crippen molar-refractivity contribution in [3.05, 3.63) is 71.8 Å². The van der Waals surface area contributed by atoms with Crippen molar-refractivity contribution in [2.24, 2.45) is 11.3 Å². The first kappa shape index (κ1) is 49.5. The van der Waals surface area contributed by atoms with Gasteiger partial charge in [-0.1, -0.05) is 74.5 Å². The number of carbonyl (C=O) groups is 6. The normalized spacial score (nSPS) is 16.8. The predicted molar refractivity (Wildman–Crippen MR) is 238 cm³/mol. The SMILES string of the molecule is CC(C)C[C@@H](NC(=O)[C@@H](Cc1ccccc1)NC(=O)[C@@H](Cc1ccccc1)NC(=O)OC(C)(C)C)C(=O)N[C@H](CCCCNC(=O)OC(C)(C)C)C(=O)N1CC2(CCNCC2)C1. The second-order valence-corrected chi connectivity index (χ2v) is 19.3. The van der Waals surface area contributed by atoms with Crippen LogP contribution in [0.5, 0.6) is 0 Å². The Morgan fingerprint density at radius 1 is 0.645 bits per heavy atom. The van der Waals surface area contributed by atoms with Crippen LogP contribution < -0.4 is 31.9 Å². The summed E-state index contributed by atoms with van der Waals surface area (Å²) in [5.41, 5.74) is 0.196. The first-order chi connectivity index (χ1) is 29.2. The highest BCUT2D eigenvalue weighted by Gasteiger charge is 2.47. The number of alkyl carbamates (subject to hydrolysis) is 2. The van der Waals surface area contributed by atoms with Crippen LogP contribution in [0.4, 0.5) is 9.59 Å². The van der Waals surface area contributed by atoms with Crippen molar-refractivity contribution in [1.82, 2.24) is 36.8 Å². The first-order valence-electron chi connectivity index (χ1n) is 22.2. The molecule has 15 heteroatoms. The lowest BCUT2D eigenvalue weighted by Gasteiger charge is -2.53. The van der Waals surface area contributed by atoms with Crippen molar-refractivity contribution in [2.75, 3.05) is 32.7 Å². The lowest BCUT2D eigenvalue weighted by atomic mass is 9.72. The van der Waals surface area contributed by atoms with E-state index in [0.29, 0.717) is 38.9 Å². The molecule has 0 radical (unpaired) electrons. The Morgan fingerprint density at radius 2 is 1.11 bits per heavy atom. The molecule has 15 nitrogen and oxygen atoms in total. The molecule has 6 N–H and O–H groups in total. The van der Waals surface area contributed by atoms with Gasteiger partial charge in [0.05, 0.1) is 0 Å². The Labute approximate surface area is 368 Å². The molecule has 2 heterocycles. The van der Waals surface area contributed by atoms with Crippen LogP contribution in [-0.2, 0) is 41.5 Å². The molecule has 0 bridgehead atoms. The minimum atomic E-state index is -1.14. The van der Waals surface area contributed by atoms with Gasteiger partial charge in [-0.3, -0.25) is 19.2 Å². The molecule has 0 aliphatic carbocycles. The molecule has 0 unspecified atom stereocenters. The Bertz CT molecular complexity index is 1780. The van der Waals surface area contributed by atoms with Gasteiger partial charge in [-0.25, -0.2) is 9.59 Å². The Balaban J connectivity index is 1.52. The third-order valence-electron chi connectivity index (χ3n) is 10.8. The first-order valence-corrected chi connectivity index (χ1v) is 22.2. The number of nitrogens with zero attached hydrogens (tertiary/aromatic N) is 1. The summed E-state index contributed by atoms with van der Waals surface area (Å²) in [6.07, 6.45) is 2.57. The summed E-state index contributed by atoms with van der Waals surface area (Å²) < 4.78 is 10.8. The molecular formula is C47H71N7O8. The summed E-state index contributed by atoms with van der Waals surface area (Å²) >= 11 is 0. The van der Waals surface area contributed by atoms with E-state index in [0.717, 1.165) is 37.1 Å². The van der Waals surface area contributed by atoms with E-state index >= 15 is 0 Å². The van der Waals surface area contributed by atoms with Gasteiger partial charge in [-0.2, -0.15) is 0 Å². The zero-order valence-electron chi connectivity index (χ0n) is 38.1. The monoisotopic (exact) mass is 862 g/mol. The van der Waals surface area contributed by atoms with Crippen molar-refractivity contribution in [3.63, 3.8) is 0 Å². The van der Waals surface area contributed by atoms with E-state index in [1.165, 1.54) is 0 Å². The summed E-state index contributed by atoms with van der Waals surface area (Å²) in [6, 6.07) is 14.3. The molecule has 0 saturated carbocycles. The number of benzene rings is 2. The van der Waals surface area contributed by atoms with Gasteiger partial charge in [0, 0.05) is 37.9 Å². The highest BCUT2D eigenvalue weighted by atomic mass is 16.6. The van der Waals surface area contributed by atoms with Crippen molar-refractivity contribution < 1.29 is 38.2 Å². The van der Waals surface area contributed by atoms with Crippen LogP contribution in [0.15, 0.2) is 60.7 Å². The summed E-state index contributed by atoms with van der Waals surface area (Å²) in [5, 5.41) is 17.6. The van der Waals surface area contributed by atoms with Gasteiger partial charge in [0.1, 0.15) is 35.4 Å². The number of likely N-dealkylation sites (tertiary alicyclic amines) is 1. The smallest absolute Gasteiger partial charge is 0.408 e. The fraction of sp³-hybridized carbons (Fsp3) is 0.617. The average Bonchev–Trinajstić information content (AvgIpc) is 3.17. The highest BCUT2D eigenvalue weighted by Crippen LogP contribution is 2.39. The Morgan fingerprint density at radius 3 is 1.63 bits per heavy atom. The maximum absolute atomic E-state index is 14.4. The van der Waals surface area contributed by atoms with Gasteiger partial charge in [-0.05, 0) is 110 Å². The molecule has 62 heavy (non-hydrogen) atoms. The van der Waals surface area contributed by atoms with Crippen LogP contribution in [0.25, 0.3) is 0 Å². The van der Waals surface area contributed by atoms with Crippen LogP contribution in [0, 0.1) is 11.3 Å². The van der Waals surface area contributed by atoms with Crippen LogP contribution in [0.1, 0.15) is 105 Å². The van der Waals surface area contributed by atoms with Gasteiger partial charge in [0.15, 0.2) is 0 Å². The molecule has 1 spiro atoms. The zero-order valence-corrected chi connectivity index (χ0v) is 38.1. The quantitative estimate of drug-likeness (QED) is 0.108. The largest absolute Gasteiger partial charge is 0.444 e. The van der Waals surface area contributed by atoms with E-state index in [-0.39, 0.29) is 36.5 Å². The second-order valence-electron chi connectivity index (χ2n) is 19.3. The van der Waals surface area contributed by atoms with Crippen LogP contribution in [0.2, 0.25) is 0 Å². The number of hydrogen-bond acceptors (Lipinski definition) is 9.